The summed E-state index contributed by atoms with van der Waals surface area (Å²) >= 11 is 0. The molecule has 0 radical (unpaired) electrons. The van der Waals surface area contributed by atoms with Crippen LogP contribution in [-0.4, -0.2) is 11.1 Å². The Bertz CT molecular complexity index is 139. The summed E-state index contributed by atoms with van der Waals surface area (Å²) in [7, 11) is 0. The van der Waals surface area contributed by atoms with Gasteiger partial charge >= 0.3 is 21.1 Å². The molecule has 4 nitrogen and oxygen atoms in total. The summed E-state index contributed by atoms with van der Waals surface area (Å²) in [6.45, 7) is 16.2. The van der Waals surface area contributed by atoms with Crippen LogP contribution in [-0.2, 0) is 21.1 Å². The molecule has 0 heterocycles. The third kappa shape index (κ3) is 26.6. The Kier molecular flexibility index (Phi) is 19.0. The summed E-state index contributed by atoms with van der Waals surface area (Å²) in [5, 5.41) is 6.35. The Labute approximate surface area is 133 Å². The standard InChI is InChI=1S/C10H24N4.2ClH.Pt/c1-9(2,3)11-7-13-14-8-12-10(4,5)6;;;/h7-8,11-14H,1-6H3;2*1H;/q-2;;;+4/p-2. The first-order valence-corrected chi connectivity index (χ1v) is 4.90. The Morgan fingerprint density at radius 1 is 0.647 bits per heavy atom. The van der Waals surface area contributed by atoms with E-state index in [1.807, 2.05) is 0 Å². The van der Waals surface area contributed by atoms with E-state index in [4.69, 9.17) is 0 Å². The van der Waals surface area contributed by atoms with Gasteiger partial charge in [-0.2, -0.15) is 13.3 Å². The summed E-state index contributed by atoms with van der Waals surface area (Å²) in [6.07, 6.45) is 0. The maximum absolute atomic E-state index is 3.17. The van der Waals surface area contributed by atoms with Crippen LogP contribution in [0.1, 0.15) is 41.5 Å². The molecular weight excluding hydrogens is 442 g/mol. The van der Waals surface area contributed by atoms with Gasteiger partial charge < -0.3 is 46.3 Å². The maximum Gasteiger partial charge on any atom is 4.00 e. The SMILES string of the molecule is CC(C)(C)N[CH-]NN[CH-]NC(C)(C)C.[Cl-].[Cl-].[Pt+4]. The molecule has 0 saturated carbocycles. The van der Waals surface area contributed by atoms with Gasteiger partial charge in [0.2, 0.25) is 0 Å². The van der Waals surface area contributed by atoms with Crippen molar-refractivity contribution < 1.29 is 45.9 Å². The van der Waals surface area contributed by atoms with E-state index in [-0.39, 0.29) is 57.0 Å². The van der Waals surface area contributed by atoms with Crippen molar-refractivity contribution in [3.63, 3.8) is 0 Å². The van der Waals surface area contributed by atoms with Crippen molar-refractivity contribution in [2.24, 2.45) is 0 Å². The van der Waals surface area contributed by atoms with Gasteiger partial charge in [-0.1, -0.05) is 0 Å². The minimum absolute atomic E-state index is 0. The van der Waals surface area contributed by atoms with Gasteiger partial charge in [0.25, 0.3) is 0 Å². The second-order valence-electron chi connectivity index (χ2n) is 5.37. The van der Waals surface area contributed by atoms with E-state index in [9.17, 15) is 0 Å². The second kappa shape index (κ2) is 12.2. The van der Waals surface area contributed by atoms with Crippen LogP contribution in [0.3, 0.4) is 0 Å². The largest absolute Gasteiger partial charge is 4.00 e. The Hall–Kier alpha value is 1.11. The molecule has 108 valence electrons. The zero-order valence-corrected chi connectivity index (χ0v) is 15.0. The Morgan fingerprint density at radius 2 is 0.882 bits per heavy atom. The molecule has 0 aromatic carbocycles. The van der Waals surface area contributed by atoms with Crippen molar-refractivity contribution in [2.75, 3.05) is 0 Å². The van der Waals surface area contributed by atoms with E-state index in [2.05, 4.69) is 63.0 Å². The summed E-state index contributed by atoms with van der Waals surface area (Å²) < 4.78 is 0. The minimum Gasteiger partial charge on any atom is -1.00 e. The fourth-order valence-electron chi connectivity index (χ4n) is 0.589. The first-order valence-electron chi connectivity index (χ1n) is 4.90. The Morgan fingerprint density at radius 3 is 1.06 bits per heavy atom. The van der Waals surface area contributed by atoms with Gasteiger partial charge in [-0.05, 0) is 52.6 Å². The van der Waals surface area contributed by atoms with Crippen molar-refractivity contribution in [3.8, 4) is 0 Å². The van der Waals surface area contributed by atoms with Gasteiger partial charge in [-0.3, -0.25) is 0 Å². The molecule has 0 aromatic heterocycles. The van der Waals surface area contributed by atoms with Crippen molar-refractivity contribution >= 4 is 0 Å². The third-order valence-electron chi connectivity index (χ3n) is 1.24. The molecule has 0 spiro atoms. The van der Waals surface area contributed by atoms with Crippen LogP contribution < -0.4 is 46.3 Å². The van der Waals surface area contributed by atoms with Crippen LogP contribution in [0, 0.1) is 13.3 Å². The predicted molar refractivity (Wildman–Crippen MR) is 60.6 cm³/mol. The number of nitrogens with one attached hydrogen (secondary N) is 4. The van der Waals surface area contributed by atoms with E-state index in [1.165, 1.54) is 0 Å². The van der Waals surface area contributed by atoms with Gasteiger partial charge in [0, 0.05) is 0 Å². The summed E-state index contributed by atoms with van der Waals surface area (Å²) in [4.78, 5) is 0. The first kappa shape index (κ1) is 26.6. The molecule has 7 heteroatoms. The van der Waals surface area contributed by atoms with Crippen LogP contribution in [0.2, 0.25) is 0 Å². The number of hydrogen-bond donors (Lipinski definition) is 4. The van der Waals surface area contributed by atoms with Crippen molar-refractivity contribution in [2.45, 2.75) is 52.6 Å². The third-order valence-corrected chi connectivity index (χ3v) is 1.24. The van der Waals surface area contributed by atoms with Gasteiger partial charge in [0.15, 0.2) is 0 Å². The fraction of sp³-hybridized carbons (Fsp3) is 0.800. The number of halogens is 2. The van der Waals surface area contributed by atoms with Crippen molar-refractivity contribution in [1.82, 2.24) is 21.5 Å². The Balaban J connectivity index is -0.000000282. The first-order chi connectivity index (χ1) is 6.21. The quantitative estimate of drug-likeness (QED) is 0.187. The van der Waals surface area contributed by atoms with E-state index in [0.717, 1.165) is 0 Å². The van der Waals surface area contributed by atoms with Crippen molar-refractivity contribution in [1.29, 1.82) is 0 Å². The van der Waals surface area contributed by atoms with Crippen LogP contribution >= 0.6 is 0 Å². The number of hydrazine groups is 1. The average molecular weight is 466 g/mol. The van der Waals surface area contributed by atoms with Gasteiger partial charge in [-0.15, -0.1) is 0 Å². The molecule has 0 atom stereocenters. The monoisotopic (exact) mass is 465 g/mol. The molecule has 0 unspecified atom stereocenters. The molecule has 0 saturated heterocycles. The molecule has 4 N–H and O–H groups in total. The molecule has 0 aromatic rings. The molecule has 0 bridgehead atoms. The van der Waals surface area contributed by atoms with E-state index in [1.54, 1.807) is 13.3 Å². The molecule has 0 rings (SSSR count). The minimum atomic E-state index is 0. The summed E-state index contributed by atoms with van der Waals surface area (Å²) in [5.41, 5.74) is 6.00. The van der Waals surface area contributed by atoms with Gasteiger partial charge in [-0.25, -0.2) is 0 Å². The molecule has 0 aliphatic rings. The predicted octanol–water partition coefficient (Wildman–Crippen LogP) is -4.90. The average Bonchev–Trinajstić information content (AvgIpc) is 1.92. The van der Waals surface area contributed by atoms with Crippen molar-refractivity contribution in [3.05, 3.63) is 13.3 Å². The summed E-state index contributed by atoms with van der Waals surface area (Å²) in [5.74, 6) is 0. The molecular formula is C10H24Cl2N4Pt. The fourth-order valence-corrected chi connectivity index (χ4v) is 0.589. The van der Waals surface area contributed by atoms with Crippen LogP contribution in [0.5, 0.6) is 0 Å². The van der Waals surface area contributed by atoms with E-state index in [0.29, 0.717) is 0 Å². The van der Waals surface area contributed by atoms with Gasteiger partial charge in [0.1, 0.15) is 0 Å². The second-order valence-corrected chi connectivity index (χ2v) is 5.37. The number of hydrogen-bond acceptors (Lipinski definition) is 4. The molecule has 0 amide bonds. The normalized spacial score (nSPS) is 10.9. The number of rotatable bonds is 5. The smallest absolute Gasteiger partial charge is 1.00 e. The van der Waals surface area contributed by atoms with Crippen LogP contribution in [0.25, 0.3) is 0 Å². The van der Waals surface area contributed by atoms with Gasteiger partial charge in [0.05, 0.1) is 0 Å². The van der Waals surface area contributed by atoms with Crippen LogP contribution in [0.4, 0.5) is 0 Å². The topological polar surface area (TPSA) is 48.1 Å². The molecule has 0 aliphatic heterocycles. The van der Waals surface area contributed by atoms with Crippen LogP contribution in [0.15, 0.2) is 0 Å². The zero-order valence-electron chi connectivity index (χ0n) is 11.2. The maximum atomic E-state index is 3.17. The van der Waals surface area contributed by atoms with E-state index < -0.39 is 0 Å². The van der Waals surface area contributed by atoms with E-state index >= 15 is 0 Å². The zero-order chi connectivity index (χ0) is 11.2. The molecule has 0 aliphatic carbocycles. The summed E-state index contributed by atoms with van der Waals surface area (Å²) in [6, 6.07) is 0. The molecule has 17 heavy (non-hydrogen) atoms. The molecule has 0 fully saturated rings.